The van der Waals surface area contributed by atoms with Gasteiger partial charge in [-0.2, -0.15) is 4.31 Å². The van der Waals surface area contributed by atoms with Crippen molar-refractivity contribution in [2.24, 2.45) is 0 Å². The number of hydrogen-bond acceptors (Lipinski definition) is 3. The summed E-state index contributed by atoms with van der Waals surface area (Å²) >= 11 is 0. The Hall–Kier alpha value is -0.910. The fourth-order valence-electron chi connectivity index (χ4n) is 2.81. The van der Waals surface area contributed by atoms with Crippen LogP contribution in [0, 0.1) is 6.92 Å². The highest BCUT2D eigenvalue weighted by Gasteiger charge is 2.33. The van der Waals surface area contributed by atoms with Crippen molar-refractivity contribution in [2.75, 3.05) is 13.1 Å². The second kappa shape index (κ2) is 5.95. The molecule has 0 aromatic heterocycles. The zero-order valence-corrected chi connectivity index (χ0v) is 15.2. The standard InChI is InChI=1S/C17H27NO3S/c1-12-7-8-15(17(4,5)6)9-16(12)22(19,20)18-10-13(2)21-14(3)11-18/h7-9,13-14H,10-11H2,1-6H3/t13-,14-/m1/s1. The zero-order valence-electron chi connectivity index (χ0n) is 14.4. The average Bonchev–Trinajstić information content (AvgIpc) is 2.36. The lowest BCUT2D eigenvalue weighted by Crippen LogP contribution is -2.48. The number of nitrogens with zero attached hydrogens (tertiary/aromatic N) is 1. The van der Waals surface area contributed by atoms with Crippen molar-refractivity contribution in [3.05, 3.63) is 29.3 Å². The van der Waals surface area contributed by atoms with E-state index in [1.807, 2.05) is 39.0 Å². The Bertz CT molecular complexity index is 636. The quantitative estimate of drug-likeness (QED) is 0.839. The van der Waals surface area contributed by atoms with E-state index in [2.05, 4.69) is 20.8 Å². The van der Waals surface area contributed by atoms with Crippen LogP contribution in [0.15, 0.2) is 23.1 Å². The molecule has 0 bridgehead atoms. The number of hydrogen-bond donors (Lipinski definition) is 0. The Labute approximate surface area is 134 Å². The number of benzene rings is 1. The minimum atomic E-state index is -3.49. The molecule has 0 radical (unpaired) electrons. The van der Waals surface area contributed by atoms with Gasteiger partial charge in [-0.1, -0.05) is 32.9 Å². The topological polar surface area (TPSA) is 46.6 Å². The predicted octanol–water partition coefficient (Wildman–Crippen LogP) is 3.09. The summed E-state index contributed by atoms with van der Waals surface area (Å²) in [7, 11) is -3.49. The van der Waals surface area contributed by atoms with Crippen LogP contribution in [0.4, 0.5) is 0 Å². The summed E-state index contributed by atoms with van der Waals surface area (Å²) in [5, 5.41) is 0. The molecule has 22 heavy (non-hydrogen) atoms. The van der Waals surface area contributed by atoms with E-state index in [1.54, 1.807) is 4.31 Å². The van der Waals surface area contributed by atoms with Crippen LogP contribution in [0.3, 0.4) is 0 Å². The minimum Gasteiger partial charge on any atom is -0.373 e. The first kappa shape index (κ1) is 17.4. The van der Waals surface area contributed by atoms with Gasteiger partial charge in [-0.3, -0.25) is 0 Å². The lowest BCUT2D eigenvalue weighted by Gasteiger charge is -2.35. The first-order valence-corrected chi connectivity index (χ1v) is 9.22. The van der Waals surface area contributed by atoms with Gasteiger partial charge in [-0.15, -0.1) is 0 Å². The summed E-state index contributed by atoms with van der Waals surface area (Å²) < 4.78 is 33.3. The first-order valence-electron chi connectivity index (χ1n) is 7.78. The van der Waals surface area contributed by atoms with Gasteiger partial charge in [0.15, 0.2) is 0 Å². The maximum absolute atomic E-state index is 13.0. The van der Waals surface area contributed by atoms with E-state index in [4.69, 9.17) is 4.74 Å². The van der Waals surface area contributed by atoms with E-state index in [1.165, 1.54) is 0 Å². The molecule has 1 aliphatic heterocycles. The van der Waals surface area contributed by atoms with Crippen molar-refractivity contribution in [1.82, 2.24) is 4.31 Å². The molecule has 0 spiro atoms. The molecule has 5 heteroatoms. The van der Waals surface area contributed by atoms with Gasteiger partial charge in [-0.05, 0) is 43.4 Å². The predicted molar refractivity (Wildman–Crippen MR) is 88.6 cm³/mol. The molecule has 4 nitrogen and oxygen atoms in total. The van der Waals surface area contributed by atoms with Gasteiger partial charge < -0.3 is 4.74 Å². The van der Waals surface area contributed by atoms with Crippen LogP contribution in [-0.2, 0) is 20.2 Å². The lowest BCUT2D eigenvalue weighted by atomic mass is 9.87. The molecule has 1 saturated heterocycles. The average molecular weight is 325 g/mol. The maximum atomic E-state index is 13.0. The smallest absolute Gasteiger partial charge is 0.243 e. The highest BCUT2D eigenvalue weighted by molar-refractivity contribution is 7.89. The molecule has 2 atom stereocenters. The Balaban J connectivity index is 2.45. The first-order chi connectivity index (χ1) is 10.0. The van der Waals surface area contributed by atoms with Crippen molar-refractivity contribution in [3.63, 3.8) is 0 Å². The van der Waals surface area contributed by atoms with Gasteiger partial charge in [0.1, 0.15) is 0 Å². The second-order valence-electron chi connectivity index (χ2n) is 7.31. The Kier molecular flexibility index (Phi) is 4.71. The van der Waals surface area contributed by atoms with E-state index in [9.17, 15) is 8.42 Å². The van der Waals surface area contributed by atoms with Gasteiger partial charge in [0.05, 0.1) is 17.1 Å². The summed E-state index contributed by atoms with van der Waals surface area (Å²) in [6.45, 7) is 12.8. The van der Waals surface area contributed by atoms with Gasteiger partial charge >= 0.3 is 0 Å². The fourth-order valence-corrected chi connectivity index (χ4v) is 4.65. The van der Waals surface area contributed by atoms with Crippen molar-refractivity contribution < 1.29 is 13.2 Å². The number of rotatable bonds is 2. The third-order valence-electron chi connectivity index (χ3n) is 4.06. The third-order valence-corrected chi connectivity index (χ3v) is 6.03. The number of aryl methyl sites for hydroxylation is 1. The molecule has 1 heterocycles. The highest BCUT2D eigenvalue weighted by atomic mass is 32.2. The number of ether oxygens (including phenoxy) is 1. The monoisotopic (exact) mass is 325 g/mol. The van der Waals surface area contributed by atoms with Gasteiger partial charge in [0, 0.05) is 13.1 Å². The minimum absolute atomic E-state index is 0.0790. The van der Waals surface area contributed by atoms with E-state index in [0.717, 1.165) is 11.1 Å². The molecule has 1 aliphatic rings. The largest absolute Gasteiger partial charge is 0.373 e. The zero-order chi connectivity index (χ0) is 16.7. The highest BCUT2D eigenvalue weighted by Crippen LogP contribution is 2.29. The molecule has 0 aliphatic carbocycles. The van der Waals surface area contributed by atoms with E-state index < -0.39 is 10.0 Å². The van der Waals surface area contributed by atoms with Crippen LogP contribution in [0.1, 0.15) is 45.7 Å². The molecule has 1 fully saturated rings. The van der Waals surface area contributed by atoms with Crippen LogP contribution in [0.25, 0.3) is 0 Å². The van der Waals surface area contributed by atoms with E-state index in [0.29, 0.717) is 18.0 Å². The molecule has 0 saturated carbocycles. The van der Waals surface area contributed by atoms with Crippen molar-refractivity contribution in [3.8, 4) is 0 Å². The van der Waals surface area contributed by atoms with Gasteiger partial charge in [-0.25, -0.2) is 8.42 Å². The van der Waals surface area contributed by atoms with Gasteiger partial charge in [0.2, 0.25) is 10.0 Å². The fraction of sp³-hybridized carbons (Fsp3) is 0.647. The van der Waals surface area contributed by atoms with E-state index in [-0.39, 0.29) is 17.6 Å². The summed E-state index contributed by atoms with van der Waals surface area (Å²) in [5.41, 5.74) is 1.75. The molecule has 1 aromatic rings. The molecule has 0 N–H and O–H groups in total. The summed E-state index contributed by atoms with van der Waals surface area (Å²) in [5.74, 6) is 0. The summed E-state index contributed by atoms with van der Waals surface area (Å²) in [6.07, 6.45) is -0.158. The third kappa shape index (κ3) is 3.53. The van der Waals surface area contributed by atoms with Crippen molar-refractivity contribution in [1.29, 1.82) is 0 Å². The van der Waals surface area contributed by atoms with Gasteiger partial charge in [0.25, 0.3) is 0 Å². The maximum Gasteiger partial charge on any atom is 0.243 e. The van der Waals surface area contributed by atoms with Crippen LogP contribution in [0.2, 0.25) is 0 Å². The van der Waals surface area contributed by atoms with Crippen LogP contribution in [0.5, 0.6) is 0 Å². The normalized spacial score (nSPS) is 24.5. The molecular weight excluding hydrogens is 298 g/mol. The SMILES string of the molecule is Cc1ccc(C(C)(C)C)cc1S(=O)(=O)N1C[C@@H](C)O[C@H](C)C1. The Morgan fingerprint density at radius 3 is 2.18 bits per heavy atom. The summed E-state index contributed by atoms with van der Waals surface area (Å²) in [6, 6.07) is 5.75. The lowest BCUT2D eigenvalue weighted by molar-refractivity contribution is -0.0441. The van der Waals surface area contributed by atoms with Crippen LogP contribution < -0.4 is 0 Å². The summed E-state index contributed by atoms with van der Waals surface area (Å²) in [4.78, 5) is 0.418. The molecule has 0 amide bonds. The molecule has 2 rings (SSSR count). The second-order valence-corrected chi connectivity index (χ2v) is 9.22. The molecule has 124 valence electrons. The molecule has 0 unspecified atom stereocenters. The van der Waals surface area contributed by atoms with Crippen LogP contribution in [-0.4, -0.2) is 38.0 Å². The molecular formula is C17H27NO3S. The number of sulfonamides is 1. The Morgan fingerprint density at radius 2 is 1.68 bits per heavy atom. The Morgan fingerprint density at radius 1 is 1.14 bits per heavy atom. The van der Waals surface area contributed by atoms with E-state index >= 15 is 0 Å². The van der Waals surface area contributed by atoms with Crippen LogP contribution >= 0.6 is 0 Å². The van der Waals surface area contributed by atoms with Crippen molar-refractivity contribution in [2.45, 2.75) is 64.1 Å². The number of morpholine rings is 1. The van der Waals surface area contributed by atoms with Crippen molar-refractivity contribution >= 4 is 10.0 Å². The molecule has 1 aromatic carbocycles.